The summed E-state index contributed by atoms with van der Waals surface area (Å²) in [7, 11) is 0. The Labute approximate surface area is 124 Å². The van der Waals surface area contributed by atoms with E-state index in [0.29, 0.717) is 19.7 Å². The van der Waals surface area contributed by atoms with Gasteiger partial charge in [0, 0.05) is 18.8 Å². The number of furan rings is 1. The van der Waals surface area contributed by atoms with Gasteiger partial charge in [-0.1, -0.05) is 0 Å². The van der Waals surface area contributed by atoms with Gasteiger partial charge in [0.1, 0.15) is 12.4 Å². The molecule has 6 nitrogen and oxygen atoms in total. The fraction of sp³-hybridized carbons (Fsp3) is 0.467. The molecule has 0 atom stereocenters. The van der Waals surface area contributed by atoms with Crippen LogP contribution in [0.1, 0.15) is 18.3 Å². The first-order valence-corrected chi connectivity index (χ1v) is 7.05. The summed E-state index contributed by atoms with van der Waals surface area (Å²) in [6, 6.07) is 3.78. The van der Waals surface area contributed by atoms with Crippen LogP contribution >= 0.6 is 0 Å². The van der Waals surface area contributed by atoms with Gasteiger partial charge in [-0.2, -0.15) is 5.10 Å². The lowest BCUT2D eigenvalue weighted by molar-refractivity contribution is -0.125. The smallest absolute Gasteiger partial charge is 0.246 e. The third-order valence-electron chi connectivity index (χ3n) is 3.23. The maximum Gasteiger partial charge on any atom is 0.246 e. The van der Waals surface area contributed by atoms with Crippen molar-refractivity contribution in [2.24, 2.45) is 0 Å². The monoisotopic (exact) mass is 291 g/mol. The summed E-state index contributed by atoms with van der Waals surface area (Å²) in [4.78, 5) is 11.5. The molecule has 1 amide bonds. The van der Waals surface area contributed by atoms with E-state index in [2.05, 4.69) is 10.4 Å². The van der Waals surface area contributed by atoms with Crippen molar-refractivity contribution >= 4 is 5.91 Å². The SMILES string of the molecule is CCOCC(=O)NCCn1nc(C)c(-c2ccco2)c1C. The van der Waals surface area contributed by atoms with Crippen LogP contribution in [-0.4, -0.2) is 35.4 Å². The van der Waals surface area contributed by atoms with Gasteiger partial charge in [-0.3, -0.25) is 9.48 Å². The molecule has 0 aliphatic carbocycles. The Morgan fingerprint density at radius 2 is 2.29 bits per heavy atom. The van der Waals surface area contributed by atoms with Crippen LogP contribution in [0.25, 0.3) is 11.3 Å². The quantitative estimate of drug-likeness (QED) is 0.846. The van der Waals surface area contributed by atoms with Crippen molar-refractivity contribution in [3.63, 3.8) is 0 Å². The van der Waals surface area contributed by atoms with Crippen LogP contribution in [0.2, 0.25) is 0 Å². The van der Waals surface area contributed by atoms with Gasteiger partial charge in [0.25, 0.3) is 0 Å². The summed E-state index contributed by atoms with van der Waals surface area (Å²) < 4.78 is 12.4. The van der Waals surface area contributed by atoms with Crippen LogP contribution in [0.5, 0.6) is 0 Å². The Bertz CT molecular complexity index is 588. The summed E-state index contributed by atoms with van der Waals surface area (Å²) in [6.07, 6.45) is 1.65. The molecular weight excluding hydrogens is 270 g/mol. The minimum atomic E-state index is -0.107. The van der Waals surface area contributed by atoms with Crippen molar-refractivity contribution in [1.82, 2.24) is 15.1 Å². The average molecular weight is 291 g/mol. The minimum Gasteiger partial charge on any atom is -0.464 e. The lowest BCUT2D eigenvalue weighted by atomic mass is 10.1. The highest BCUT2D eigenvalue weighted by Crippen LogP contribution is 2.26. The highest BCUT2D eigenvalue weighted by atomic mass is 16.5. The molecule has 0 spiro atoms. The summed E-state index contributed by atoms with van der Waals surface area (Å²) in [5.41, 5.74) is 2.96. The second-order valence-corrected chi connectivity index (χ2v) is 4.73. The molecule has 2 aromatic heterocycles. The van der Waals surface area contributed by atoms with Gasteiger partial charge < -0.3 is 14.5 Å². The Morgan fingerprint density at radius 1 is 1.48 bits per heavy atom. The standard InChI is InChI=1S/C15H21N3O3/c1-4-20-10-14(19)16-7-8-18-12(3)15(11(2)17-18)13-6-5-9-21-13/h5-6,9H,4,7-8,10H2,1-3H3,(H,16,19). The molecule has 2 aromatic rings. The number of carbonyl (C=O) groups excluding carboxylic acids is 1. The third-order valence-corrected chi connectivity index (χ3v) is 3.23. The van der Waals surface area contributed by atoms with E-state index in [-0.39, 0.29) is 12.5 Å². The first-order valence-electron chi connectivity index (χ1n) is 7.05. The normalized spacial score (nSPS) is 10.8. The molecule has 0 unspecified atom stereocenters. The predicted molar refractivity (Wildman–Crippen MR) is 78.9 cm³/mol. The van der Waals surface area contributed by atoms with E-state index in [0.717, 1.165) is 22.7 Å². The van der Waals surface area contributed by atoms with E-state index in [4.69, 9.17) is 9.15 Å². The van der Waals surface area contributed by atoms with Crippen LogP contribution in [0.3, 0.4) is 0 Å². The van der Waals surface area contributed by atoms with Gasteiger partial charge in [-0.15, -0.1) is 0 Å². The second kappa shape index (κ2) is 7.08. The first-order chi connectivity index (χ1) is 10.1. The van der Waals surface area contributed by atoms with E-state index in [1.54, 1.807) is 6.26 Å². The van der Waals surface area contributed by atoms with Gasteiger partial charge in [-0.05, 0) is 32.9 Å². The van der Waals surface area contributed by atoms with Crippen molar-refractivity contribution in [3.05, 3.63) is 29.8 Å². The Hall–Kier alpha value is -2.08. The molecular formula is C15H21N3O3. The molecule has 0 saturated heterocycles. The predicted octanol–water partition coefficient (Wildman–Crippen LogP) is 1.91. The molecule has 21 heavy (non-hydrogen) atoms. The zero-order valence-electron chi connectivity index (χ0n) is 12.7. The van der Waals surface area contributed by atoms with Crippen LogP contribution in [0.4, 0.5) is 0 Å². The number of aryl methyl sites for hydroxylation is 1. The molecule has 2 heterocycles. The number of carbonyl (C=O) groups is 1. The molecule has 114 valence electrons. The average Bonchev–Trinajstić information content (AvgIpc) is 3.05. The number of ether oxygens (including phenoxy) is 1. The maximum absolute atomic E-state index is 11.5. The number of hydrogen-bond donors (Lipinski definition) is 1. The fourth-order valence-electron chi connectivity index (χ4n) is 2.24. The van der Waals surface area contributed by atoms with Gasteiger partial charge in [0.2, 0.25) is 5.91 Å². The molecule has 0 aromatic carbocycles. The summed E-state index contributed by atoms with van der Waals surface area (Å²) in [5.74, 6) is 0.710. The van der Waals surface area contributed by atoms with Crippen LogP contribution in [0, 0.1) is 13.8 Å². The largest absolute Gasteiger partial charge is 0.464 e. The number of nitrogens with zero attached hydrogens (tertiary/aromatic N) is 2. The van der Waals surface area contributed by atoms with Crippen molar-refractivity contribution in [2.75, 3.05) is 19.8 Å². The van der Waals surface area contributed by atoms with Crippen LogP contribution < -0.4 is 5.32 Å². The summed E-state index contributed by atoms with van der Waals surface area (Å²) in [6.45, 7) is 7.59. The fourth-order valence-corrected chi connectivity index (χ4v) is 2.24. The van der Waals surface area contributed by atoms with Gasteiger partial charge in [0.05, 0.1) is 24.1 Å². The first kappa shape index (κ1) is 15.3. The van der Waals surface area contributed by atoms with E-state index < -0.39 is 0 Å². The summed E-state index contributed by atoms with van der Waals surface area (Å²) >= 11 is 0. The number of amides is 1. The molecule has 0 saturated carbocycles. The Morgan fingerprint density at radius 3 is 2.95 bits per heavy atom. The van der Waals surface area contributed by atoms with E-state index in [1.807, 2.05) is 37.6 Å². The molecule has 6 heteroatoms. The van der Waals surface area contributed by atoms with Crippen molar-refractivity contribution in [3.8, 4) is 11.3 Å². The van der Waals surface area contributed by atoms with E-state index >= 15 is 0 Å². The van der Waals surface area contributed by atoms with Crippen molar-refractivity contribution in [2.45, 2.75) is 27.3 Å². The molecule has 2 rings (SSSR count). The minimum absolute atomic E-state index is 0.102. The lowest BCUT2D eigenvalue weighted by Gasteiger charge is -2.07. The zero-order chi connectivity index (χ0) is 15.2. The third kappa shape index (κ3) is 3.72. The number of nitrogens with one attached hydrogen (secondary N) is 1. The molecule has 0 aliphatic heterocycles. The Balaban J connectivity index is 1.96. The van der Waals surface area contributed by atoms with Crippen molar-refractivity contribution < 1.29 is 13.9 Å². The van der Waals surface area contributed by atoms with Crippen LogP contribution in [0.15, 0.2) is 22.8 Å². The molecule has 0 bridgehead atoms. The maximum atomic E-state index is 11.5. The highest BCUT2D eigenvalue weighted by Gasteiger charge is 2.15. The molecule has 0 fully saturated rings. The van der Waals surface area contributed by atoms with Gasteiger partial charge >= 0.3 is 0 Å². The second-order valence-electron chi connectivity index (χ2n) is 4.73. The zero-order valence-corrected chi connectivity index (χ0v) is 12.7. The molecule has 0 radical (unpaired) electrons. The van der Waals surface area contributed by atoms with Crippen molar-refractivity contribution in [1.29, 1.82) is 0 Å². The molecule has 0 aliphatic rings. The molecule has 1 N–H and O–H groups in total. The van der Waals surface area contributed by atoms with Gasteiger partial charge in [-0.25, -0.2) is 0 Å². The lowest BCUT2D eigenvalue weighted by Crippen LogP contribution is -2.31. The van der Waals surface area contributed by atoms with E-state index in [9.17, 15) is 4.79 Å². The topological polar surface area (TPSA) is 69.3 Å². The number of hydrogen-bond acceptors (Lipinski definition) is 4. The number of aromatic nitrogens is 2. The van der Waals surface area contributed by atoms with E-state index in [1.165, 1.54) is 0 Å². The van der Waals surface area contributed by atoms with Crippen LogP contribution in [-0.2, 0) is 16.1 Å². The number of rotatable bonds is 7. The summed E-state index contributed by atoms with van der Waals surface area (Å²) in [5, 5.41) is 7.31. The highest BCUT2D eigenvalue weighted by molar-refractivity contribution is 5.77. The Kier molecular flexibility index (Phi) is 5.16. The van der Waals surface area contributed by atoms with Gasteiger partial charge in [0.15, 0.2) is 0 Å².